The summed E-state index contributed by atoms with van der Waals surface area (Å²) in [6.07, 6.45) is 8.68. The van der Waals surface area contributed by atoms with E-state index in [2.05, 4.69) is 61.6 Å². The van der Waals surface area contributed by atoms with Gasteiger partial charge in [0.2, 0.25) is 18.2 Å². The number of aromatic amines is 2. The van der Waals surface area contributed by atoms with Crippen molar-refractivity contribution >= 4 is 89.3 Å². The molecule has 326 valence electrons. The van der Waals surface area contributed by atoms with Gasteiger partial charge in [-0.25, -0.2) is 19.8 Å². The molecule has 2 saturated heterocycles. The number of carbonyl (C=O) groups is 3. The lowest BCUT2D eigenvalue weighted by atomic mass is 10.0. The number of aryl methyl sites for hydroxylation is 2. The van der Waals surface area contributed by atoms with Crippen LogP contribution in [0.3, 0.4) is 0 Å². The van der Waals surface area contributed by atoms with Crippen LogP contribution in [0.5, 0.6) is 0 Å². The summed E-state index contributed by atoms with van der Waals surface area (Å²) >= 11 is 0. The number of alkyl carbamates (subject to hydrolysis) is 1. The standard InChI is InChI=1S/C41H54N8O6.4H2S/c1-25(2)35(43-24-55-54-6)39(50)48-20-8-12-33(48)37-42-23-32(46-37)29-17-14-27(15-18-29)10-7-11-28-16-19-30-31(22-28)45-38(44-30)34-13-9-21-49(34)40(51)36(26(3)4)47-41(52)53-5;;;;/h14-19,22-26,33-36H,7-13,20-21H2,1-6H3,(H,42,46)(H,44,45)(H,47,52);4*1H2/t33-,34-,35-,36-;;;;/m0..../s1. The minimum Gasteiger partial charge on any atom is -0.453 e. The largest absolute Gasteiger partial charge is 0.453 e. The molecule has 0 radical (unpaired) electrons. The molecular formula is C41H62N8O6S4. The van der Waals surface area contributed by atoms with Crippen molar-refractivity contribution in [2.45, 2.75) is 96.8 Å². The first-order chi connectivity index (χ1) is 26.6. The maximum Gasteiger partial charge on any atom is 0.407 e. The highest BCUT2D eigenvalue weighted by Gasteiger charge is 2.38. The third-order valence-corrected chi connectivity index (χ3v) is 10.7. The maximum atomic E-state index is 13.6. The number of nitrogens with one attached hydrogen (secondary N) is 3. The number of fused-ring (bicyclic) bond motifs is 1. The van der Waals surface area contributed by atoms with Crippen LogP contribution in [-0.2, 0) is 36.9 Å². The number of aromatic nitrogens is 4. The molecule has 6 rings (SSSR count). The Morgan fingerprint density at radius 2 is 1.47 bits per heavy atom. The Balaban J connectivity index is 0.00000300. The Kier molecular flexibility index (Phi) is 20.7. The summed E-state index contributed by atoms with van der Waals surface area (Å²) < 4.78 is 4.76. The summed E-state index contributed by atoms with van der Waals surface area (Å²) in [5.41, 5.74) is 6.27. The fourth-order valence-electron chi connectivity index (χ4n) is 7.72. The minimum absolute atomic E-state index is 0. The number of methoxy groups -OCH3 is 1. The fraction of sp³-hybridized carbons (Fsp3) is 0.512. The lowest BCUT2D eigenvalue weighted by molar-refractivity contribution is -0.188. The van der Waals surface area contributed by atoms with E-state index in [1.54, 1.807) is 0 Å². The van der Waals surface area contributed by atoms with E-state index >= 15 is 0 Å². The van der Waals surface area contributed by atoms with Crippen LogP contribution in [0.1, 0.15) is 94.7 Å². The molecule has 2 aromatic carbocycles. The number of amides is 3. The number of carbonyl (C=O) groups excluding carboxylic acids is 3. The van der Waals surface area contributed by atoms with E-state index in [1.165, 1.54) is 31.7 Å². The van der Waals surface area contributed by atoms with E-state index in [4.69, 9.17) is 19.6 Å². The number of likely N-dealkylation sites (tertiary alicyclic amines) is 2. The molecule has 0 bridgehead atoms. The number of ether oxygens (including phenoxy) is 1. The van der Waals surface area contributed by atoms with Gasteiger partial charge in [0.1, 0.15) is 23.7 Å². The molecule has 4 heterocycles. The monoisotopic (exact) mass is 890 g/mol. The Morgan fingerprint density at radius 3 is 2.10 bits per heavy atom. The number of nitrogens with zero attached hydrogens (tertiary/aromatic N) is 5. The highest BCUT2D eigenvalue weighted by Crippen LogP contribution is 2.34. The van der Waals surface area contributed by atoms with Gasteiger partial charge in [0.25, 0.3) is 0 Å². The van der Waals surface area contributed by atoms with Crippen LogP contribution >= 0.6 is 54.0 Å². The lowest BCUT2D eigenvalue weighted by Gasteiger charge is -2.29. The zero-order valence-corrected chi connectivity index (χ0v) is 38.7. The molecule has 2 aliphatic rings. The highest BCUT2D eigenvalue weighted by molar-refractivity contribution is 7.59. The average Bonchev–Trinajstić information content (AvgIpc) is 4.01. The third-order valence-electron chi connectivity index (χ3n) is 10.7. The van der Waals surface area contributed by atoms with Crippen LogP contribution in [0.2, 0.25) is 0 Å². The number of imidazole rings is 2. The Hall–Kier alpha value is -3.84. The Morgan fingerprint density at radius 1 is 0.847 bits per heavy atom. The molecule has 2 fully saturated rings. The summed E-state index contributed by atoms with van der Waals surface area (Å²) in [5, 5.41) is 2.71. The van der Waals surface area contributed by atoms with Crippen LogP contribution in [0, 0.1) is 11.8 Å². The predicted octanol–water partition coefficient (Wildman–Crippen LogP) is 6.92. The summed E-state index contributed by atoms with van der Waals surface area (Å²) in [7, 11) is 2.70. The molecule has 2 aromatic heterocycles. The Labute approximate surface area is 375 Å². The fourth-order valence-corrected chi connectivity index (χ4v) is 7.72. The summed E-state index contributed by atoms with van der Waals surface area (Å²) in [6, 6.07) is 13.4. The van der Waals surface area contributed by atoms with E-state index in [0.29, 0.717) is 13.1 Å². The quantitative estimate of drug-likeness (QED) is 0.0501. The number of H-pyrrole nitrogens is 2. The van der Waals surface area contributed by atoms with Crippen LogP contribution in [-0.4, -0.2) is 93.4 Å². The van der Waals surface area contributed by atoms with Gasteiger partial charge >= 0.3 is 6.09 Å². The van der Waals surface area contributed by atoms with E-state index in [-0.39, 0.29) is 89.7 Å². The van der Waals surface area contributed by atoms with Gasteiger partial charge in [-0.05, 0) is 85.6 Å². The van der Waals surface area contributed by atoms with E-state index in [0.717, 1.165) is 78.9 Å². The molecule has 3 amide bonds. The van der Waals surface area contributed by atoms with E-state index in [1.807, 2.05) is 49.8 Å². The molecule has 0 spiro atoms. The van der Waals surface area contributed by atoms with Gasteiger partial charge in [0, 0.05) is 13.1 Å². The molecule has 0 unspecified atom stereocenters. The van der Waals surface area contributed by atoms with Crippen molar-refractivity contribution < 1.29 is 28.9 Å². The van der Waals surface area contributed by atoms with Gasteiger partial charge in [-0.2, -0.15) is 58.9 Å². The van der Waals surface area contributed by atoms with Crippen molar-refractivity contribution in [3.8, 4) is 11.3 Å². The first-order valence-corrected chi connectivity index (χ1v) is 19.4. The average molecular weight is 891 g/mol. The summed E-state index contributed by atoms with van der Waals surface area (Å²) in [4.78, 5) is 73.0. The van der Waals surface area contributed by atoms with Crippen LogP contribution < -0.4 is 5.32 Å². The zero-order valence-electron chi connectivity index (χ0n) is 34.7. The summed E-state index contributed by atoms with van der Waals surface area (Å²) in [6.45, 7) is 9.04. The molecule has 59 heavy (non-hydrogen) atoms. The smallest absolute Gasteiger partial charge is 0.407 e. The van der Waals surface area contributed by atoms with Gasteiger partial charge in [-0.15, -0.1) is 0 Å². The summed E-state index contributed by atoms with van der Waals surface area (Å²) in [5.74, 6) is 1.31. The van der Waals surface area contributed by atoms with Crippen molar-refractivity contribution in [2.24, 2.45) is 16.8 Å². The second kappa shape index (κ2) is 23.8. The Bertz CT molecular complexity index is 1970. The number of benzene rings is 2. The predicted molar refractivity (Wildman–Crippen MR) is 250 cm³/mol. The molecule has 0 aliphatic carbocycles. The maximum absolute atomic E-state index is 13.6. The second-order valence-electron chi connectivity index (χ2n) is 15.1. The van der Waals surface area contributed by atoms with Crippen molar-refractivity contribution in [3.05, 3.63) is 71.4 Å². The first-order valence-electron chi connectivity index (χ1n) is 19.4. The zero-order chi connectivity index (χ0) is 39.1. The molecule has 4 aromatic rings. The molecule has 4 atom stereocenters. The van der Waals surface area contributed by atoms with Crippen LogP contribution in [0.25, 0.3) is 22.3 Å². The van der Waals surface area contributed by atoms with Crippen molar-refractivity contribution in [2.75, 3.05) is 27.3 Å². The first kappa shape index (κ1) is 51.3. The van der Waals surface area contributed by atoms with Gasteiger partial charge in [0.15, 0.2) is 0 Å². The van der Waals surface area contributed by atoms with Gasteiger partial charge in [-0.1, -0.05) is 58.0 Å². The van der Waals surface area contributed by atoms with Gasteiger partial charge in [0.05, 0.1) is 49.2 Å². The van der Waals surface area contributed by atoms with Crippen LogP contribution in [0.15, 0.2) is 53.7 Å². The third kappa shape index (κ3) is 12.4. The van der Waals surface area contributed by atoms with Gasteiger partial charge in [-0.3, -0.25) is 9.59 Å². The van der Waals surface area contributed by atoms with E-state index < -0.39 is 18.2 Å². The number of hydrogen-bond donors (Lipinski definition) is 3. The molecule has 2 aliphatic heterocycles. The highest BCUT2D eigenvalue weighted by atomic mass is 32.1. The second-order valence-corrected chi connectivity index (χ2v) is 15.1. The topological polar surface area (TPSA) is 167 Å². The molecule has 18 heteroatoms. The number of aliphatic imine (C=N–C) groups is 1. The lowest BCUT2D eigenvalue weighted by Crippen LogP contribution is -2.51. The number of hydrogen-bond acceptors (Lipinski definition) is 9. The molecule has 3 N–H and O–H groups in total. The van der Waals surface area contributed by atoms with E-state index in [9.17, 15) is 14.4 Å². The molecule has 0 saturated carbocycles. The molecular weight excluding hydrogens is 829 g/mol. The van der Waals surface area contributed by atoms with Crippen molar-refractivity contribution in [1.29, 1.82) is 0 Å². The molecule has 14 nitrogen and oxygen atoms in total. The normalized spacial score (nSPS) is 17.2. The van der Waals surface area contributed by atoms with Crippen LogP contribution in [0.4, 0.5) is 4.79 Å². The SMILES string of the molecule is COOC=N[C@H](C(=O)N1CCC[C@H]1c1ncc(-c2ccc(CCCc3ccc4nc([C@@H]5CCCN5C(=O)[C@@H](NC(=O)OC)C(C)C)[nH]c4c3)cc2)[nH]1)C(C)C.S.S.S.S. The van der Waals surface area contributed by atoms with Gasteiger partial charge < -0.3 is 34.7 Å². The van der Waals surface area contributed by atoms with Crippen molar-refractivity contribution in [1.82, 2.24) is 35.1 Å². The minimum atomic E-state index is -0.669. The number of rotatable bonds is 15. The van der Waals surface area contributed by atoms with Crippen molar-refractivity contribution in [3.63, 3.8) is 0 Å².